The fourth-order valence-electron chi connectivity index (χ4n) is 2.97. The number of rotatable bonds is 6. The van der Waals surface area contributed by atoms with E-state index >= 15 is 0 Å². The van der Waals surface area contributed by atoms with Gasteiger partial charge in [0.05, 0.1) is 16.3 Å². The molecule has 4 rings (SSSR count). The molecular weight excluding hydrogens is 472 g/mol. The monoisotopic (exact) mass is 488 g/mol. The van der Waals surface area contributed by atoms with Crippen molar-refractivity contribution < 1.29 is 13.2 Å². The zero-order chi connectivity index (χ0) is 22.9. The van der Waals surface area contributed by atoms with Gasteiger partial charge < -0.3 is 0 Å². The lowest BCUT2D eigenvalue weighted by Gasteiger charge is -2.04. The fraction of sp³-hybridized carbons (Fsp3) is 0.100. The van der Waals surface area contributed by atoms with Gasteiger partial charge in [-0.3, -0.25) is 10.1 Å². The van der Waals surface area contributed by atoms with Gasteiger partial charge in [-0.1, -0.05) is 28.9 Å². The summed E-state index contributed by atoms with van der Waals surface area (Å²) >= 11 is 7.23. The van der Waals surface area contributed by atoms with E-state index in [-0.39, 0.29) is 10.6 Å². The van der Waals surface area contributed by atoms with Crippen molar-refractivity contribution in [2.45, 2.75) is 18.2 Å². The van der Waals surface area contributed by atoms with Gasteiger partial charge in [-0.15, -0.1) is 16.4 Å². The van der Waals surface area contributed by atoms with Crippen LogP contribution >= 0.6 is 22.9 Å². The van der Waals surface area contributed by atoms with Crippen molar-refractivity contribution in [1.29, 1.82) is 0 Å². The summed E-state index contributed by atoms with van der Waals surface area (Å²) in [5.41, 5.74) is 2.40. The molecule has 0 unspecified atom stereocenters. The van der Waals surface area contributed by atoms with E-state index in [4.69, 9.17) is 16.7 Å². The van der Waals surface area contributed by atoms with Gasteiger partial charge in [0.25, 0.3) is 5.91 Å². The number of anilines is 1. The summed E-state index contributed by atoms with van der Waals surface area (Å²) in [7, 11) is -3.73. The Labute approximate surface area is 192 Å². The van der Waals surface area contributed by atoms with Crippen molar-refractivity contribution in [3.8, 4) is 5.69 Å². The second-order valence-corrected chi connectivity index (χ2v) is 9.98. The average Bonchev–Trinajstić information content (AvgIpc) is 3.34. The van der Waals surface area contributed by atoms with E-state index < -0.39 is 15.9 Å². The second-order valence-electron chi connectivity index (χ2n) is 6.86. The third kappa shape index (κ3) is 4.86. The Bertz CT molecular complexity index is 1380. The molecule has 1 amide bonds. The first-order valence-electron chi connectivity index (χ1n) is 9.27. The molecule has 4 aromatic rings. The molecule has 0 aliphatic heterocycles. The molecule has 9 nitrogen and oxygen atoms in total. The molecule has 0 radical (unpaired) electrons. The molecule has 0 bridgehead atoms. The molecule has 2 heterocycles. The van der Waals surface area contributed by atoms with Gasteiger partial charge in [-0.05, 0) is 48.9 Å². The zero-order valence-corrected chi connectivity index (χ0v) is 19.1. The van der Waals surface area contributed by atoms with E-state index in [9.17, 15) is 13.2 Å². The van der Waals surface area contributed by atoms with Crippen LogP contribution in [0.3, 0.4) is 0 Å². The van der Waals surface area contributed by atoms with Crippen LogP contribution in [-0.2, 0) is 16.4 Å². The van der Waals surface area contributed by atoms with Gasteiger partial charge >= 0.3 is 0 Å². The van der Waals surface area contributed by atoms with Crippen LogP contribution in [0.5, 0.6) is 0 Å². The standard InChI is InChI=1S/C20H17ClN6O3S2/c1-12-18(25-26-27(12)15-6-4-14(21)5-7-15)19(28)24-20-23-11-16(31-20)10-13-2-8-17(9-3-13)32(22,29)30/h2-9,11H,10H2,1H3,(H2,22,29,30)(H,23,24,28). The number of primary sulfonamides is 1. The minimum absolute atomic E-state index is 0.0560. The number of carbonyl (C=O) groups is 1. The number of aromatic nitrogens is 4. The molecule has 0 fully saturated rings. The quantitative estimate of drug-likeness (QED) is 0.428. The maximum atomic E-state index is 12.7. The van der Waals surface area contributed by atoms with Crippen LogP contribution in [-0.4, -0.2) is 34.3 Å². The average molecular weight is 489 g/mol. The van der Waals surface area contributed by atoms with E-state index in [0.717, 1.165) is 16.1 Å². The van der Waals surface area contributed by atoms with E-state index in [0.29, 0.717) is 22.3 Å². The molecule has 3 N–H and O–H groups in total. The lowest BCUT2D eigenvalue weighted by atomic mass is 10.1. The number of sulfonamides is 1. The number of nitrogens with one attached hydrogen (secondary N) is 1. The Hall–Kier alpha value is -3.12. The molecule has 0 aliphatic rings. The van der Waals surface area contributed by atoms with Crippen molar-refractivity contribution in [1.82, 2.24) is 20.0 Å². The van der Waals surface area contributed by atoms with Gasteiger partial charge in [0, 0.05) is 22.5 Å². The maximum absolute atomic E-state index is 12.7. The largest absolute Gasteiger partial charge is 0.296 e. The minimum Gasteiger partial charge on any atom is -0.296 e. The molecule has 0 aliphatic carbocycles. The normalized spacial score (nSPS) is 11.5. The Kier molecular flexibility index (Phi) is 6.07. The highest BCUT2D eigenvalue weighted by Gasteiger charge is 2.19. The number of thiazole rings is 1. The van der Waals surface area contributed by atoms with Crippen LogP contribution in [0.25, 0.3) is 5.69 Å². The number of nitrogens with zero attached hydrogens (tertiary/aromatic N) is 4. The first-order valence-corrected chi connectivity index (χ1v) is 12.0. The SMILES string of the molecule is Cc1c(C(=O)Nc2ncc(Cc3ccc(S(N)(=O)=O)cc3)s2)nnn1-c1ccc(Cl)cc1. The van der Waals surface area contributed by atoms with E-state index in [2.05, 4.69) is 20.6 Å². The number of benzene rings is 2. The van der Waals surface area contributed by atoms with Crippen LogP contribution < -0.4 is 10.5 Å². The number of amides is 1. The third-order valence-electron chi connectivity index (χ3n) is 4.59. The Morgan fingerprint density at radius 1 is 1.16 bits per heavy atom. The second kappa shape index (κ2) is 8.79. The topological polar surface area (TPSA) is 133 Å². The molecule has 12 heteroatoms. The molecule has 0 spiro atoms. The molecule has 0 saturated heterocycles. The van der Waals surface area contributed by atoms with Crippen LogP contribution in [0.15, 0.2) is 59.6 Å². The summed E-state index contributed by atoms with van der Waals surface area (Å²) in [5.74, 6) is -0.416. The minimum atomic E-state index is -3.73. The van der Waals surface area contributed by atoms with Crippen LogP contribution in [0.2, 0.25) is 5.02 Å². The summed E-state index contributed by atoms with van der Waals surface area (Å²) in [6, 6.07) is 13.3. The molecular formula is C20H17ClN6O3S2. The lowest BCUT2D eigenvalue weighted by Crippen LogP contribution is -2.14. The number of halogens is 1. The summed E-state index contributed by atoms with van der Waals surface area (Å²) in [6.45, 7) is 1.75. The smallest absolute Gasteiger partial charge is 0.279 e. The zero-order valence-electron chi connectivity index (χ0n) is 16.7. The van der Waals surface area contributed by atoms with Gasteiger partial charge in [-0.2, -0.15) is 0 Å². The molecule has 32 heavy (non-hydrogen) atoms. The van der Waals surface area contributed by atoms with Crippen molar-refractivity contribution in [3.05, 3.63) is 81.6 Å². The van der Waals surface area contributed by atoms with Crippen molar-refractivity contribution >= 4 is 44.0 Å². The molecule has 164 valence electrons. The highest BCUT2D eigenvalue weighted by atomic mass is 35.5. The lowest BCUT2D eigenvalue weighted by molar-refractivity contribution is 0.102. The molecule has 0 atom stereocenters. The summed E-state index contributed by atoms with van der Waals surface area (Å²) in [6.07, 6.45) is 2.19. The van der Waals surface area contributed by atoms with E-state index in [1.165, 1.54) is 23.5 Å². The van der Waals surface area contributed by atoms with Crippen LogP contribution in [0.1, 0.15) is 26.6 Å². The summed E-state index contributed by atoms with van der Waals surface area (Å²) in [4.78, 5) is 17.9. The van der Waals surface area contributed by atoms with Crippen molar-refractivity contribution in [3.63, 3.8) is 0 Å². The predicted octanol–water partition coefficient (Wildman–Crippen LogP) is 3.18. The van der Waals surface area contributed by atoms with Gasteiger partial charge in [0.2, 0.25) is 10.0 Å². The highest BCUT2D eigenvalue weighted by Crippen LogP contribution is 2.23. The first kappa shape index (κ1) is 22.1. The number of carbonyl (C=O) groups excluding carboxylic acids is 1. The number of hydrogen-bond acceptors (Lipinski definition) is 7. The maximum Gasteiger partial charge on any atom is 0.279 e. The fourth-order valence-corrected chi connectivity index (χ4v) is 4.45. The van der Waals surface area contributed by atoms with Crippen molar-refractivity contribution in [2.75, 3.05) is 5.32 Å². The number of nitrogens with two attached hydrogens (primary N) is 1. The van der Waals surface area contributed by atoms with Gasteiger partial charge in [0.1, 0.15) is 0 Å². The third-order valence-corrected chi connectivity index (χ3v) is 6.68. The Morgan fingerprint density at radius 2 is 1.84 bits per heavy atom. The molecule has 2 aromatic carbocycles. The van der Waals surface area contributed by atoms with Crippen LogP contribution in [0.4, 0.5) is 5.13 Å². The van der Waals surface area contributed by atoms with Gasteiger partial charge in [0.15, 0.2) is 10.8 Å². The summed E-state index contributed by atoms with van der Waals surface area (Å²) < 4.78 is 24.3. The Balaban J connectivity index is 1.44. The molecule has 0 saturated carbocycles. The molecule has 2 aromatic heterocycles. The van der Waals surface area contributed by atoms with E-state index in [1.54, 1.807) is 54.2 Å². The number of hydrogen-bond donors (Lipinski definition) is 2. The van der Waals surface area contributed by atoms with Crippen LogP contribution in [0, 0.1) is 6.92 Å². The first-order chi connectivity index (χ1) is 15.2. The van der Waals surface area contributed by atoms with Crippen molar-refractivity contribution in [2.24, 2.45) is 5.14 Å². The Morgan fingerprint density at radius 3 is 2.50 bits per heavy atom. The van der Waals surface area contributed by atoms with E-state index in [1.807, 2.05) is 0 Å². The summed E-state index contributed by atoms with van der Waals surface area (Å²) in [5, 5.41) is 16.9. The highest BCUT2D eigenvalue weighted by molar-refractivity contribution is 7.89. The van der Waals surface area contributed by atoms with Gasteiger partial charge in [-0.25, -0.2) is 23.2 Å². The predicted molar refractivity (Wildman–Crippen MR) is 122 cm³/mol.